The van der Waals surface area contributed by atoms with Crippen LogP contribution in [0.4, 0.5) is 11.5 Å². The van der Waals surface area contributed by atoms with E-state index in [0.717, 1.165) is 5.56 Å². The maximum Gasteiger partial charge on any atom is 0.274 e. The highest BCUT2D eigenvalue weighted by atomic mass is 35.5. The average molecular weight is 397 g/mol. The van der Waals surface area contributed by atoms with Crippen LogP contribution in [0.2, 0.25) is 5.02 Å². The molecule has 1 amide bonds. The van der Waals surface area contributed by atoms with Gasteiger partial charge < -0.3 is 15.0 Å². The summed E-state index contributed by atoms with van der Waals surface area (Å²) >= 11 is 6.04. The van der Waals surface area contributed by atoms with Crippen LogP contribution >= 0.6 is 11.6 Å². The molecule has 1 heterocycles. The van der Waals surface area contributed by atoms with Crippen LogP contribution in [0.15, 0.2) is 60.7 Å². The van der Waals surface area contributed by atoms with E-state index in [1.54, 1.807) is 42.3 Å². The SMILES string of the molecule is CCN(Cc1ccccc1)C(=O)c1ccc(Nc2cc(Cl)ccc2OC)nn1. The molecular formula is C21H21ClN4O2. The molecule has 0 aliphatic rings. The van der Waals surface area contributed by atoms with E-state index in [4.69, 9.17) is 16.3 Å². The number of nitrogens with zero attached hydrogens (tertiary/aromatic N) is 3. The highest BCUT2D eigenvalue weighted by molar-refractivity contribution is 6.31. The van der Waals surface area contributed by atoms with Crippen molar-refractivity contribution < 1.29 is 9.53 Å². The minimum atomic E-state index is -0.161. The maximum atomic E-state index is 12.8. The number of amides is 1. The fraction of sp³-hybridized carbons (Fsp3) is 0.190. The van der Waals surface area contributed by atoms with Crippen molar-refractivity contribution in [1.29, 1.82) is 0 Å². The van der Waals surface area contributed by atoms with Crippen molar-refractivity contribution in [3.8, 4) is 5.75 Å². The fourth-order valence-electron chi connectivity index (χ4n) is 2.72. The largest absolute Gasteiger partial charge is 0.495 e. The molecule has 144 valence electrons. The number of hydrogen-bond acceptors (Lipinski definition) is 5. The first-order valence-electron chi connectivity index (χ1n) is 8.88. The van der Waals surface area contributed by atoms with Crippen LogP contribution in [-0.2, 0) is 6.54 Å². The van der Waals surface area contributed by atoms with Crippen molar-refractivity contribution in [3.63, 3.8) is 0 Å². The predicted molar refractivity (Wildman–Crippen MR) is 110 cm³/mol. The fourth-order valence-corrected chi connectivity index (χ4v) is 2.89. The second-order valence-corrected chi connectivity index (χ2v) is 6.51. The van der Waals surface area contributed by atoms with Crippen LogP contribution < -0.4 is 10.1 Å². The van der Waals surface area contributed by atoms with Gasteiger partial charge in [0.05, 0.1) is 12.8 Å². The second-order valence-electron chi connectivity index (χ2n) is 6.08. The molecule has 0 bridgehead atoms. The Morgan fingerprint density at radius 3 is 2.54 bits per heavy atom. The molecule has 0 unspecified atom stereocenters. The van der Waals surface area contributed by atoms with Gasteiger partial charge in [0.25, 0.3) is 5.91 Å². The molecule has 0 saturated heterocycles. The Balaban J connectivity index is 1.72. The molecule has 0 saturated carbocycles. The number of anilines is 2. The van der Waals surface area contributed by atoms with Crippen molar-refractivity contribution in [2.45, 2.75) is 13.5 Å². The van der Waals surface area contributed by atoms with Gasteiger partial charge in [-0.25, -0.2) is 0 Å². The predicted octanol–water partition coefficient (Wildman–Crippen LogP) is 4.54. The summed E-state index contributed by atoms with van der Waals surface area (Å²) in [6.07, 6.45) is 0. The standard InChI is InChI=1S/C21H21ClN4O2/c1-3-26(14-15-7-5-4-6-8-15)21(27)17-10-12-20(25-24-17)23-18-13-16(22)9-11-19(18)28-2/h4-13H,3,14H2,1-2H3,(H,23,25). The van der Waals surface area contributed by atoms with Crippen molar-refractivity contribution in [3.05, 3.63) is 76.9 Å². The van der Waals surface area contributed by atoms with Gasteiger partial charge in [0.1, 0.15) is 5.75 Å². The molecule has 0 aliphatic heterocycles. The lowest BCUT2D eigenvalue weighted by Gasteiger charge is -2.20. The van der Waals surface area contributed by atoms with Crippen molar-refractivity contribution >= 4 is 29.0 Å². The van der Waals surface area contributed by atoms with Crippen LogP contribution in [0.25, 0.3) is 0 Å². The van der Waals surface area contributed by atoms with E-state index in [1.165, 1.54) is 0 Å². The first kappa shape index (κ1) is 19.6. The van der Waals surface area contributed by atoms with E-state index in [1.807, 2.05) is 37.3 Å². The zero-order valence-electron chi connectivity index (χ0n) is 15.7. The minimum Gasteiger partial charge on any atom is -0.495 e. The number of nitrogens with one attached hydrogen (secondary N) is 1. The molecule has 2 aromatic carbocycles. The Labute approximate surface area is 169 Å². The smallest absolute Gasteiger partial charge is 0.274 e. The van der Waals surface area contributed by atoms with E-state index in [2.05, 4.69) is 15.5 Å². The number of ether oxygens (including phenoxy) is 1. The Kier molecular flexibility index (Phi) is 6.45. The molecule has 0 aliphatic carbocycles. The van der Waals surface area contributed by atoms with Gasteiger partial charge in [-0.2, -0.15) is 0 Å². The van der Waals surface area contributed by atoms with Crippen LogP contribution in [0.1, 0.15) is 23.0 Å². The molecule has 0 fully saturated rings. The number of carbonyl (C=O) groups excluding carboxylic acids is 1. The monoisotopic (exact) mass is 396 g/mol. The lowest BCUT2D eigenvalue weighted by atomic mass is 10.2. The molecular weight excluding hydrogens is 376 g/mol. The summed E-state index contributed by atoms with van der Waals surface area (Å²) < 4.78 is 5.31. The number of methoxy groups -OCH3 is 1. The van der Waals surface area contributed by atoms with Crippen molar-refractivity contribution in [1.82, 2.24) is 15.1 Å². The first-order chi connectivity index (χ1) is 13.6. The molecule has 0 spiro atoms. The van der Waals surface area contributed by atoms with Gasteiger partial charge in [0.2, 0.25) is 0 Å². The summed E-state index contributed by atoms with van der Waals surface area (Å²) in [6, 6.07) is 18.5. The summed E-state index contributed by atoms with van der Waals surface area (Å²) in [5.74, 6) is 0.959. The summed E-state index contributed by atoms with van der Waals surface area (Å²) in [5.41, 5.74) is 2.03. The minimum absolute atomic E-state index is 0.161. The molecule has 3 aromatic rings. The normalized spacial score (nSPS) is 10.4. The van der Waals surface area contributed by atoms with E-state index in [9.17, 15) is 4.79 Å². The van der Waals surface area contributed by atoms with E-state index < -0.39 is 0 Å². The summed E-state index contributed by atoms with van der Waals surface area (Å²) in [7, 11) is 1.58. The summed E-state index contributed by atoms with van der Waals surface area (Å²) in [6.45, 7) is 3.04. The van der Waals surface area contributed by atoms with Gasteiger partial charge >= 0.3 is 0 Å². The zero-order chi connectivity index (χ0) is 19.9. The zero-order valence-corrected chi connectivity index (χ0v) is 16.5. The molecule has 6 nitrogen and oxygen atoms in total. The lowest BCUT2D eigenvalue weighted by Crippen LogP contribution is -2.31. The van der Waals surface area contributed by atoms with Gasteiger partial charge in [-0.1, -0.05) is 41.9 Å². The third-order valence-electron chi connectivity index (χ3n) is 4.19. The molecule has 1 N–H and O–H groups in total. The third-order valence-corrected chi connectivity index (χ3v) is 4.43. The number of rotatable bonds is 7. The molecule has 0 radical (unpaired) electrons. The highest BCUT2D eigenvalue weighted by Gasteiger charge is 2.17. The van der Waals surface area contributed by atoms with Gasteiger partial charge in [-0.15, -0.1) is 10.2 Å². The lowest BCUT2D eigenvalue weighted by molar-refractivity contribution is 0.0745. The highest BCUT2D eigenvalue weighted by Crippen LogP contribution is 2.29. The van der Waals surface area contributed by atoms with Crippen LogP contribution in [0.5, 0.6) is 5.75 Å². The van der Waals surface area contributed by atoms with Gasteiger partial charge in [0.15, 0.2) is 11.5 Å². The quantitative estimate of drug-likeness (QED) is 0.634. The third kappa shape index (κ3) is 4.78. The number of hydrogen-bond donors (Lipinski definition) is 1. The van der Waals surface area contributed by atoms with Crippen LogP contribution in [0.3, 0.4) is 0 Å². The summed E-state index contributed by atoms with van der Waals surface area (Å²) in [4.78, 5) is 14.5. The maximum absolute atomic E-state index is 12.8. The number of aromatic nitrogens is 2. The van der Waals surface area contributed by atoms with Gasteiger partial charge in [-0.05, 0) is 42.8 Å². The van der Waals surface area contributed by atoms with E-state index in [-0.39, 0.29) is 5.91 Å². The Hall–Kier alpha value is -3.12. The van der Waals surface area contributed by atoms with Gasteiger partial charge in [0, 0.05) is 18.1 Å². The van der Waals surface area contributed by atoms with E-state index >= 15 is 0 Å². The molecule has 1 aromatic heterocycles. The van der Waals surface area contributed by atoms with E-state index in [0.29, 0.717) is 41.1 Å². The molecule has 7 heteroatoms. The van der Waals surface area contributed by atoms with Crippen molar-refractivity contribution in [2.75, 3.05) is 19.0 Å². The molecule has 28 heavy (non-hydrogen) atoms. The van der Waals surface area contributed by atoms with Crippen LogP contribution in [0, 0.1) is 0 Å². The van der Waals surface area contributed by atoms with Crippen molar-refractivity contribution in [2.24, 2.45) is 0 Å². The average Bonchev–Trinajstić information content (AvgIpc) is 2.73. The second kappa shape index (κ2) is 9.19. The molecule has 0 atom stereocenters. The topological polar surface area (TPSA) is 67.4 Å². The van der Waals surface area contributed by atoms with Crippen LogP contribution in [-0.4, -0.2) is 34.7 Å². The number of benzene rings is 2. The summed E-state index contributed by atoms with van der Waals surface area (Å²) in [5, 5.41) is 11.9. The molecule has 3 rings (SSSR count). The Morgan fingerprint density at radius 1 is 1.11 bits per heavy atom. The Morgan fingerprint density at radius 2 is 1.89 bits per heavy atom. The number of halogens is 1. The number of carbonyl (C=O) groups is 1. The van der Waals surface area contributed by atoms with Gasteiger partial charge in [-0.3, -0.25) is 4.79 Å². The Bertz CT molecular complexity index is 933. The first-order valence-corrected chi connectivity index (χ1v) is 9.26.